The molecule has 18 heavy (non-hydrogen) atoms. The normalized spacial score (nSPS) is 26.9. The van der Waals surface area contributed by atoms with E-state index in [9.17, 15) is 0 Å². The third-order valence-corrected chi connectivity index (χ3v) is 4.81. The molecule has 0 aromatic heterocycles. The van der Waals surface area contributed by atoms with Crippen molar-refractivity contribution in [2.24, 2.45) is 11.3 Å². The topological polar surface area (TPSA) is 12.0 Å². The zero-order valence-electron chi connectivity index (χ0n) is 11.3. The van der Waals surface area contributed by atoms with Crippen LogP contribution < -0.4 is 5.32 Å². The lowest BCUT2D eigenvalue weighted by Gasteiger charge is -2.39. The van der Waals surface area contributed by atoms with Crippen LogP contribution in [0, 0.1) is 14.9 Å². The van der Waals surface area contributed by atoms with Crippen LogP contribution in [0.15, 0.2) is 18.2 Å². The van der Waals surface area contributed by atoms with Gasteiger partial charge in [-0.3, -0.25) is 0 Å². The summed E-state index contributed by atoms with van der Waals surface area (Å²) in [5.41, 5.74) is 1.67. The number of anilines is 1. The van der Waals surface area contributed by atoms with Gasteiger partial charge in [0.25, 0.3) is 0 Å². The molecule has 1 aliphatic carbocycles. The lowest BCUT2D eigenvalue weighted by molar-refractivity contribution is 0.178. The monoisotopic (exact) mass is 377 g/mol. The minimum atomic E-state index is 0.452. The summed E-state index contributed by atoms with van der Waals surface area (Å²) in [7, 11) is 0. The Hall–Kier alpha value is 0.0400. The highest BCUT2D eigenvalue weighted by Crippen LogP contribution is 2.40. The lowest BCUT2D eigenvalue weighted by atomic mass is 9.70. The summed E-state index contributed by atoms with van der Waals surface area (Å²) in [5, 5.41) is 4.50. The summed E-state index contributed by atoms with van der Waals surface area (Å²) in [6.07, 6.45) is 3.85. The van der Waals surface area contributed by atoms with E-state index in [1.165, 1.54) is 28.5 Å². The molecule has 0 amide bonds. The second-order valence-corrected chi connectivity index (χ2v) is 7.98. The third kappa shape index (κ3) is 3.77. The Morgan fingerprint density at radius 3 is 2.67 bits per heavy atom. The molecule has 1 aliphatic rings. The zero-order valence-corrected chi connectivity index (χ0v) is 14.2. The summed E-state index contributed by atoms with van der Waals surface area (Å²) in [5.74, 6) is 0.802. The van der Waals surface area contributed by atoms with E-state index in [-0.39, 0.29) is 0 Å². The van der Waals surface area contributed by atoms with E-state index in [0.29, 0.717) is 11.5 Å². The van der Waals surface area contributed by atoms with Gasteiger partial charge in [0.05, 0.1) is 0 Å². The fourth-order valence-corrected chi connectivity index (χ4v) is 4.31. The van der Waals surface area contributed by atoms with Crippen LogP contribution in [0.1, 0.15) is 40.0 Å². The molecule has 1 saturated carbocycles. The van der Waals surface area contributed by atoms with Crippen LogP contribution in [0.2, 0.25) is 5.02 Å². The number of rotatable bonds is 2. The highest BCUT2D eigenvalue weighted by Gasteiger charge is 2.32. The number of halogens is 2. The minimum Gasteiger partial charge on any atom is -0.381 e. The van der Waals surface area contributed by atoms with E-state index in [1.807, 2.05) is 12.1 Å². The molecule has 0 aliphatic heterocycles. The first-order valence-electron chi connectivity index (χ1n) is 6.57. The van der Waals surface area contributed by atoms with Gasteiger partial charge in [-0.2, -0.15) is 0 Å². The third-order valence-electron chi connectivity index (χ3n) is 3.68. The molecule has 2 atom stereocenters. The summed E-state index contributed by atoms with van der Waals surface area (Å²) in [6, 6.07) is 6.65. The second-order valence-electron chi connectivity index (χ2n) is 6.38. The van der Waals surface area contributed by atoms with Crippen molar-refractivity contribution >= 4 is 39.9 Å². The maximum absolute atomic E-state index is 6.00. The Kier molecular flexibility index (Phi) is 4.48. The Labute approximate surface area is 129 Å². The van der Waals surface area contributed by atoms with Gasteiger partial charge in [-0.25, -0.2) is 0 Å². The van der Waals surface area contributed by atoms with E-state index in [1.54, 1.807) is 0 Å². The van der Waals surface area contributed by atoms with Crippen molar-refractivity contribution in [1.82, 2.24) is 0 Å². The lowest BCUT2D eigenvalue weighted by Crippen LogP contribution is -2.35. The number of hydrogen-bond acceptors (Lipinski definition) is 1. The number of hydrogen-bond donors (Lipinski definition) is 1. The smallest absolute Gasteiger partial charge is 0.0479 e. The van der Waals surface area contributed by atoms with Crippen LogP contribution in [0.25, 0.3) is 0 Å². The van der Waals surface area contributed by atoms with Crippen LogP contribution in [0.4, 0.5) is 5.69 Å². The van der Waals surface area contributed by atoms with Gasteiger partial charge < -0.3 is 5.32 Å². The first-order valence-corrected chi connectivity index (χ1v) is 8.03. The van der Waals surface area contributed by atoms with Gasteiger partial charge in [0.2, 0.25) is 0 Å². The molecular weight excluding hydrogens is 357 g/mol. The molecule has 1 aromatic rings. The van der Waals surface area contributed by atoms with Crippen LogP contribution in [0.3, 0.4) is 0 Å². The quantitative estimate of drug-likeness (QED) is 0.664. The average Bonchev–Trinajstić information content (AvgIpc) is 2.19. The maximum atomic E-state index is 6.00. The van der Waals surface area contributed by atoms with Crippen molar-refractivity contribution in [3.63, 3.8) is 0 Å². The van der Waals surface area contributed by atoms with Gasteiger partial charge in [0.15, 0.2) is 0 Å². The Balaban J connectivity index is 2.09. The predicted octanol–water partition coefficient (Wildman–Crippen LogP) is 5.57. The van der Waals surface area contributed by atoms with E-state index in [4.69, 9.17) is 11.6 Å². The van der Waals surface area contributed by atoms with E-state index in [2.05, 4.69) is 54.7 Å². The minimum absolute atomic E-state index is 0.452. The standard InChI is InChI=1S/C15H21ClIN/c1-10-6-12(9-15(2,3)8-10)18-14-5-4-11(16)7-13(14)17/h4-5,7,10,12,18H,6,8-9H2,1-3H3. The largest absolute Gasteiger partial charge is 0.381 e. The highest BCUT2D eigenvalue weighted by molar-refractivity contribution is 14.1. The van der Waals surface area contributed by atoms with Gasteiger partial charge in [-0.15, -0.1) is 0 Å². The molecule has 1 nitrogen and oxygen atoms in total. The number of benzene rings is 1. The Morgan fingerprint density at radius 1 is 1.33 bits per heavy atom. The molecule has 0 bridgehead atoms. The molecule has 100 valence electrons. The van der Waals surface area contributed by atoms with Crippen molar-refractivity contribution < 1.29 is 0 Å². The molecule has 0 radical (unpaired) electrons. The summed E-state index contributed by atoms with van der Waals surface area (Å²) in [6.45, 7) is 7.12. The van der Waals surface area contributed by atoms with Crippen molar-refractivity contribution in [3.05, 3.63) is 26.8 Å². The van der Waals surface area contributed by atoms with Gasteiger partial charge >= 0.3 is 0 Å². The molecule has 0 spiro atoms. The first-order chi connectivity index (χ1) is 8.35. The van der Waals surface area contributed by atoms with E-state index >= 15 is 0 Å². The maximum Gasteiger partial charge on any atom is 0.0479 e. The molecule has 1 fully saturated rings. The molecule has 2 rings (SSSR count). The van der Waals surface area contributed by atoms with E-state index < -0.39 is 0 Å². The average molecular weight is 378 g/mol. The second kappa shape index (κ2) is 5.58. The first kappa shape index (κ1) is 14.4. The Morgan fingerprint density at radius 2 is 2.06 bits per heavy atom. The van der Waals surface area contributed by atoms with Gasteiger partial charge in [0, 0.05) is 20.3 Å². The van der Waals surface area contributed by atoms with Crippen molar-refractivity contribution in [3.8, 4) is 0 Å². The highest BCUT2D eigenvalue weighted by atomic mass is 127. The van der Waals surface area contributed by atoms with Crippen molar-refractivity contribution in [1.29, 1.82) is 0 Å². The van der Waals surface area contributed by atoms with Crippen molar-refractivity contribution in [2.75, 3.05) is 5.32 Å². The van der Waals surface area contributed by atoms with Crippen molar-refractivity contribution in [2.45, 2.75) is 46.1 Å². The molecule has 2 unspecified atom stereocenters. The molecule has 1 N–H and O–H groups in total. The Bertz CT molecular complexity index is 431. The van der Waals surface area contributed by atoms with Gasteiger partial charge in [-0.05, 0) is 71.4 Å². The van der Waals surface area contributed by atoms with Gasteiger partial charge in [-0.1, -0.05) is 32.4 Å². The van der Waals surface area contributed by atoms with Crippen LogP contribution >= 0.6 is 34.2 Å². The van der Waals surface area contributed by atoms with Crippen LogP contribution in [-0.2, 0) is 0 Å². The molecule has 3 heteroatoms. The summed E-state index contributed by atoms with van der Waals surface area (Å²) < 4.78 is 1.20. The molecule has 0 saturated heterocycles. The number of nitrogens with one attached hydrogen (secondary N) is 1. The van der Waals surface area contributed by atoms with Crippen LogP contribution in [-0.4, -0.2) is 6.04 Å². The fourth-order valence-electron chi connectivity index (χ4n) is 3.28. The van der Waals surface area contributed by atoms with E-state index in [0.717, 1.165) is 10.9 Å². The predicted molar refractivity (Wildman–Crippen MR) is 88.4 cm³/mol. The molecule has 1 aromatic carbocycles. The summed E-state index contributed by atoms with van der Waals surface area (Å²) in [4.78, 5) is 0. The fraction of sp³-hybridized carbons (Fsp3) is 0.600. The zero-order chi connectivity index (χ0) is 13.3. The summed E-state index contributed by atoms with van der Waals surface area (Å²) >= 11 is 8.34. The van der Waals surface area contributed by atoms with Crippen LogP contribution in [0.5, 0.6) is 0 Å². The van der Waals surface area contributed by atoms with Gasteiger partial charge in [0.1, 0.15) is 0 Å². The molecule has 0 heterocycles. The molecular formula is C15H21ClIN. The SMILES string of the molecule is CC1CC(Nc2ccc(Cl)cc2I)CC(C)(C)C1.